The molecule has 4 aliphatic rings. The van der Waals surface area contributed by atoms with Gasteiger partial charge in [0, 0.05) is 20.1 Å². The van der Waals surface area contributed by atoms with Gasteiger partial charge in [-0.1, -0.05) is 0 Å². The molecule has 0 radical (unpaired) electrons. The molecule has 0 amide bonds. The number of methoxy groups -OCH3 is 2. The molecule has 4 heterocycles. The quantitative estimate of drug-likeness (QED) is 0.256. The van der Waals surface area contributed by atoms with Gasteiger partial charge in [0.2, 0.25) is 0 Å². The van der Waals surface area contributed by atoms with Gasteiger partial charge in [-0.25, -0.2) is 0 Å². The maximum Gasteiger partial charge on any atom is 0.190 e. The molecule has 4 fully saturated rings. The van der Waals surface area contributed by atoms with Gasteiger partial charge in [0.25, 0.3) is 0 Å². The van der Waals surface area contributed by atoms with Crippen molar-refractivity contribution >= 4 is 0 Å². The number of rotatable bonds is 10. The number of aliphatic hydroxyl groups is 2. The molecule has 31 heavy (non-hydrogen) atoms. The zero-order valence-corrected chi connectivity index (χ0v) is 18.1. The summed E-state index contributed by atoms with van der Waals surface area (Å²) in [5, 5.41) is 21.9. The predicted molar refractivity (Wildman–Crippen MR) is 100 cm³/mol. The van der Waals surface area contributed by atoms with Crippen molar-refractivity contribution in [2.24, 2.45) is 11.7 Å². The minimum atomic E-state index is -1.14. The molecular formula is C19H33NO11. The van der Waals surface area contributed by atoms with E-state index < -0.39 is 73.1 Å². The molecule has 4 saturated heterocycles. The van der Waals surface area contributed by atoms with Gasteiger partial charge >= 0.3 is 0 Å². The Labute approximate surface area is 180 Å². The second kappa shape index (κ2) is 9.41. The van der Waals surface area contributed by atoms with Gasteiger partial charge in [0.05, 0.1) is 24.9 Å². The molecule has 2 bridgehead atoms. The van der Waals surface area contributed by atoms with E-state index in [1.807, 2.05) is 0 Å². The monoisotopic (exact) mass is 451 g/mol. The molecule has 4 rings (SSSR count). The van der Waals surface area contributed by atoms with Crippen LogP contribution in [0, 0.1) is 5.92 Å². The predicted octanol–water partition coefficient (Wildman–Crippen LogP) is -1.74. The Morgan fingerprint density at radius 2 is 1.74 bits per heavy atom. The molecule has 0 saturated carbocycles. The summed E-state index contributed by atoms with van der Waals surface area (Å²) in [7, 11) is 3.02. The Bertz CT molecular complexity index is 609. The van der Waals surface area contributed by atoms with Crippen LogP contribution in [0.4, 0.5) is 0 Å². The minimum absolute atomic E-state index is 0.00658. The first-order valence-corrected chi connectivity index (χ1v) is 10.4. The molecule has 0 spiro atoms. The normalized spacial score (nSPS) is 45.2. The number of ether oxygens (including phenoxy) is 9. The van der Waals surface area contributed by atoms with Crippen LogP contribution in [0.5, 0.6) is 0 Å². The lowest BCUT2D eigenvalue weighted by Crippen LogP contribution is -2.59. The summed E-state index contributed by atoms with van der Waals surface area (Å²) < 4.78 is 50.0. The number of fused-ring (bicyclic) bond motifs is 3. The Kier molecular flexibility index (Phi) is 7.18. The number of hydrogen-bond acceptors (Lipinski definition) is 12. The molecule has 11 atom stereocenters. The Balaban J connectivity index is 1.45. The summed E-state index contributed by atoms with van der Waals surface area (Å²) >= 11 is 0. The second-order valence-electron chi connectivity index (χ2n) is 8.66. The number of hydrogen-bond donors (Lipinski definition) is 3. The van der Waals surface area contributed by atoms with E-state index >= 15 is 0 Å². The zero-order valence-electron chi connectivity index (χ0n) is 18.1. The Morgan fingerprint density at radius 1 is 1.00 bits per heavy atom. The van der Waals surface area contributed by atoms with Crippen molar-refractivity contribution < 1.29 is 52.8 Å². The zero-order chi connectivity index (χ0) is 22.3. The largest absolute Gasteiger partial charge is 0.391 e. The van der Waals surface area contributed by atoms with Crippen LogP contribution in [0.1, 0.15) is 13.8 Å². The molecule has 0 unspecified atom stereocenters. The van der Waals surface area contributed by atoms with Crippen LogP contribution in [0.25, 0.3) is 0 Å². The highest BCUT2D eigenvalue weighted by Crippen LogP contribution is 2.44. The molecule has 0 aromatic heterocycles. The van der Waals surface area contributed by atoms with Crippen LogP contribution in [-0.4, -0.2) is 112 Å². The maximum absolute atomic E-state index is 11.2. The van der Waals surface area contributed by atoms with E-state index in [9.17, 15) is 10.2 Å². The van der Waals surface area contributed by atoms with Crippen molar-refractivity contribution in [1.82, 2.24) is 0 Å². The van der Waals surface area contributed by atoms with Gasteiger partial charge in [-0.05, 0) is 13.8 Å². The molecule has 4 aliphatic heterocycles. The van der Waals surface area contributed by atoms with Crippen LogP contribution >= 0.6 is 0 Å². The van der Waals surface area contributed by atoms with Crippen molar-refractivity contribution in [2.45, 2.75) is 81.0 Å². The average Bonchev–Trinajstić information content (AvgIpc) is 3.44. The highest BCUT2D eigenvalue weighted by atomic mass is 16.8. The molecule has 0 aromatic carbocycles. The average molecular weight is 451 g/mol. The van der Waals surface area contributed by atoms with Crippen LogP contribution in [-0.2, 0) is 42.6 Å². The fourth-order valence-corrected chi connectivity index (χ4v) is 4.78. The highest BCUT2D eigenvalue weighted by Gasteiger charge is 2.62. The van der Waals surface area contributed by atoms with Crippen LogP contribution in [0.3, 0.4) is 0 Å². The SMILES string of the molecule is COCOC[C@H]1O[C@H]2O[C@@H]1[C@H]([C@@H](O)[C@@H](N)[C@@H]1O[C@H]3OC(C)(C)O[C@H]3[C@@H]1O)[C@H]2OCOC. The third-order valence-electron chi connectivity index (χ3n) is 6.08. The lowest BCUT2D eigenvalue weighted by Gasteiger charge is -2.38. The van der Waals surface area contributed by atoms with Gasteiger partial charge in [0.15, 0.2) is 18.4 Å². The topological polar surface area (TPSA) is 150 Å². The van der Waals surface area contributed by atoms with Gasteiger partial charge in [-0.3, -0.25) is 0 Å². The molecular weight excluding hydrogens is 418 g/mol. The van der Waals surface area contributed by atoms with Gasteiger partial charge < -0.3 is 58.6 Å². The van der Waals surface area contributed by atoms with E-state index in [1.54, 1.807) is 13.8 Å². The van der Waals surface area contributed by atoms with Crippen molar-refractivity contribution in [1.29, 1.82) is 0 Å². The van der Waals surface area contributed by atoms with Crippen molar-refractivity contribution in [2.75, 3.05) is 34.4 Å². The van der Waals surface area contributed by atoms with Gasteiger partial charge in [-0.2, -0.15) is 0 Å². The fraction of sp³-hybridized carbons (Fsp3) is 1.00. The first-order chi connectivity index (χ1) is 14.8. The summed E-state index contributed by atoms with van der Waals surface area (Å²) in [5.74, 6) is -1.43. The molecule has 0 aromatic rings. The summed E-state index contributed by atoms with van der Waals surface area (Å²) in [6.45, 7) is 3.79. The molecule has 12 nitrogen and oxygen atoms in total. The summed E-state index contributed by atoms with van der Waals surface area (Å²) in [5.41, 5.74) is 6.37. The summed E-state index contributed by atoms with van der Waals surface area (Å²) in [6, 6.07) is -0.960. The van der Waals surface area contributed by atoms with E-state index in [-0.39, 0.29) is 20.2 Å². The van der Waals surface area contributed by atoms with Crippen molar-refractivity contribution in [3.63, 3.8) is 0 Å². The Morgan fingerprint density at radius 3 is 2.42 bits per heavy atom. The minimum Gasteiger partial charge on any atom is -0.391 e. The molecule has 0 aliphatic carbocycles. The van der Waals surface area contributed by atoms with Crippen molar-refractivity contribution in [3.05, 3.63) is 0 Å². The van der Waals surface area contributed by atoms with E-state index in [0.29, 0.717) is 0 Å². The molecule has 12 heteroatoms. The first kappa shape index (κ1) is 23.7. The smallest absolute Gasteiger partial charge is 0.190 e. The number of nitrogens with two attached hydrogens (primary N) is 1. The van der Waals surface area contributed by atoms with E-state index in [4.69, 9.17) is 48.4 Å². The molecule has 4 N–H and O–H groups in total. The van der Waals surface area contributed by atoms with Gasteiger partial charge in [0.1, 0.15) is 44.1 Å². The maximum atomic E-state index is 11.2. The fourth-order valence-electron chi connectivity index (χ4n) is 4.78. The molecule has 180 valence electrons. The lowest BCUT2D eigenvalue weighted by molar-refractivity contribution is -0.224. The summed E-state index contributed by atoms with van der Waals surface area (Å²) in [4.78, 5) is 0. The third-order valence-corrected chi connectivity index (χ3v) is 6.08. The van der Waals surface area contributed by atoms with Crippen LogP contribution in [0.15, 0.2) is 0 Å². The third kappa shape index (κ3) is 4.50. The highest BCUT2D eigenvalue weighted by molar-refractivity contribution is 5.06. The second-order valence-corrected chi connectivity index (χ2v) is 8.66. The van der Waals surface area contributed by atoms with Crippen LogP contribution < -0.4 is 5.73 Å². The van der Waals surface area contributed by atoms with Crippen LogP contribution in [0.2, 0.25) is 0 Å². The number of aliphatic hydroxyl groups excluding tert-OH is 2. The standard InChI is InChI=1S/C19H33NO11/c1-19(2)30-16-12(22)15(29-18(16)31-19)10(20)11(21)9-13-8(5-25-6-23-3)27-17(28-13)14(9)26-7-24-4/h8-18,21-22H,5-7,20H2,1-4H3/t8-,9+,10-,11-,12-,13+,14-,15+,16+,17+,18+/m1/s1. The van der Waals surface area contributed by atoms with Crippen molar-refractivity contribution in [3.8, 4) is 0 Å². The Hall–Kier alpha value is -0.480. The van der Waals surface area contributed by atoms with E-state index in [1.165, 1.54) is 14.2 Å². The van der Waals surface area contributed by atoms with E-state index in [0.717, 1.165) is 0 Å². The summed E-state index contributed by atoms with van der Waals surface area (Å²) in [6.07, 6.45) is -6.84. The first-order valence-electron chi connectivity index (χ1n) is 10.4. The van der Waals surface area contributed by atoms with Gasteiger partial charge in [-0.15, -0.1) is 0 Å². The van der Waals surface area contributed by atoms with E-state index in [2.05, 4.69) is 0 Å². The lowest BCUT2D eigenvalue weighted by atomic mass is 9.82.